The number of rotatable bonds is 28. The van der Waals surface area contributed by atoms with Gasteiger partial charge in [0.2, 0.25) is 0 Å². The van der Waals surface area contributed by atoms with Crippen LogP contribution in [0, 0.1) is 0 Å². The van der Waals surface area contributed by atoms with Crippen molar-refractivity contribution in [3.63, 3.8) is 0 Å². The van der Waals surface area contributed by atoms with Crippen LogP contribution in [0.3, 0.4) is 0 Å². The minimum absolute atomic E-state index is 0.0385. The predicted octanol–water partition coefficient (Wildman–Crippen LogP) is 12.2. The van der Waals surface area contributed by atoms with Crippen LogP contribution >= 0.6 is 0 Å². The van der Waals surface area contributed by atoms with E-state index in [1.165, 1.54) is 43.5 Å². The van der Waals surface area contributed by atoms with E-state index in [0.717, 1.165) is 22.3 Å². The standard InChI is InChI=1S/C82H78O20/c1-87-80-73(102-81-72(91-50-57-35-17-5-18-36-57)69(90-49-56-33-15-4-16-34-56)66(89-48-55-31-13-3-14-32-55)63(95-81)51-88-47-54-29-11-2-12-30-54)71(68-65(94-80)53-93-79(100-68)62-45-27-10-28-46-62)101-82-74(99-78(86)61-43-25-9-26-44-61)70(98-77(85)60-41-23-8-24-42-60)67(97-76(84)59-39-21-7-22-40-59)64(96-82)52-92-75(83)58-37-19-6-20-38-58/h2-46,63-74,79-82H,47-53H2,1H3/t63-,64-,65-,66-,67-,68-,69+,70+,71-,72+,73+,74+,79?,80+,81-,82-/m1/s1. The Labute approximate surface area is 591 Å². The monoisotopic (exact) mass is 1380 g/mol. The first kappa shape index (κ1) is 70.8. The second-order valence-corrected chi connectivity index (χ2v) is 24.7. The molecular formula is C82H78O20. The number of ether oxygens (including phenoxy) is 16. The molecule has 20 heteroatoms. The number of carbonyl (C=O) groups excluding carboxylic acids is 4. The third-order valence-electron chi connectivity index (χ3n) is 17.7. The summed E-state index contributed by atoms with van der Waals surface area (Å²) in [5.74, 6) is -3.49. The van der Waals surface area contributed by atoms with E-state index in [9.17, 15) is 14.4 Å². The lowest BCUT2D eigenvalue weighted by Crippen LogP contribution is -2.69. The van der Waals surface area contributed by atoms with E-state index >= 15 is 4.79 Å². The molecule has 0 aliphatic carbocycles. The van der Waals surface area contributed by atoms with E-state index in [1.807, 2.05) is 152 Å². The summed E-state index contributed by atoms with van der Waals surface area (Å²) in [6.45, 7) is -0.272. The summed E-state index contributed by atoms with van der Waals surface area (Å²) < 4.78 is 110. The van der Waals surface area contributed by atoms with Crippen molar-refractivity contribution in [1.82, 2.24) is 0 Å². The zero-order chi connectivity index (χ0) is 69.8. The van der Waals surface area contributed by atoms with E-state index in [2.05, 4.69) is 0 Å². The third kappa shape index (κ3) is 18.2. The van der Waals surface area contributed by atoms with Crippen molar-refractivity contribution in [1.29, 1.82) is 0 Å². The molecule has 4 aliphatic heterocycles. The van der Waals surface area contributed by atoms with Crippen molar-refractivity contribution in [3.8, 4) is 0 Å². The molecule has 0 bridgehead atoms. The van der Waals surface area contributed by atoms with Crippen LogP contribution in [-0.4, -0.2) is 143 Å². The summed E-state index contributed by atoms with van der Waals surface area (Å²) >= 11 is 0. The summed E-state index contributed by atoms with van der Waals surface area (Å²) in [6, 6.07) is 80.5. The van der Waals surface area contributed by atoms with Gasteiger partial charge in [0.25, 0.3) is 0 Å². The maximum Gasteiger partial charge on any atom is 0.338 e. The van der Waals surface area contributed by atoms with Gasteiger partial charge in [0.15, 0.2) is 43.5 Å². The zero-order valence-electron chi connectivity index (χ0n) is 55.8. The molecule has 4 aliphatic rings. The Bertz CT molecular complexity index is 4040. The smallest absolute Gasteiger partial charge is 0.338 e. The summed E-state index contributed by atoms with van der Waals surface area (Å²) in [5, 5.41) is 0. The van der Waals surface area contributed by atoms with Gasteiger partial charge in [-0.2, -0.15) is 0 Å². The average Bonchev–Trinajstić information content (AvgIpc) is 0.753. The van der Waals surface area contributed by atoms with Crippen LogP contribution in [0.2, 0.25) is 0 Å². The van der Waals surface area contributed by atoms with E-state index in [-0.39, 0.29) is 61.9 Å². The normalized spacial score (nSPS) is 26.1. The summed E-state index contributed by atoms with van der Waals surface area (Å²) in [6.07, 6.45) is -21.8. The van der Waals surface area contributed by atoms with Gasteiger partial charge in [-0.25, -0.2) is 19.2 Å². The number of fused-ring (bicyclic) bond motifs is 1. The minimum atomic E-state index is -1.89. The Morgan fingerprint density at radius 1 is 0.343 bits per heavy atom. The van der Waals surface area contributed by atoms with Gasteiger partial charge in [-0.05, 0) is 70.8 Å². The number of hydrogen-bond acceptors (Lipinski definition) is 20. The van der Waals surface area contributed by atoms with Crippen LogP contribution in [0.1, 0.15) is 75.5 Å². The van der Waals surface area contributed by atoms with Gasteiger partial charge in [0.1, 0.15) is 61.5 Å². The molecule has 0 amide bonds. The molecule has 102 heavy (non-hydrogen) atoms. The number of hydrogen-bond donors (Lipinski definition) is 0. The van der Waals surface area contributed by atoms with Crippen LogP contribution in [0.5, 0.6) is 0 Å². The van der Waals surface area contributed by atoms with Crippen molar-refractivity contribution in [2.24, 2.45) is 0 Å². The van der Waals surface area contributed by atoms with Gasteiger partial charge in [-0.1, -0.05) is 224 Å². The molecule has 4 saturated heterocycles. The predicted molar refractivity (Wildman–Crippen MR) is 368 cm³/mol. The van der Waals surface area contributed by atoms with E-state index < -0.39 is 129 Å². The maximum atomic E-state index is 15.0. The highest BCUT2D eigenvalue weighted by atomic mass is 16.8. The van der Waals surface area contributed by atoms with Crippen LogP contribution in [0.15, 0.2) is 273 Å². The number of methoxy groups -OCH3 is 1. The molecule has 20 nitrogen and oxygen atoms in total. The van der Waals surface area contributed by atoms with Crippen molar-refractivity contribution < 1.29 is 95.0 Å². The van der Waals surface area contributed by atoms with Gasteiger partial charge in [-0.15, -0.1) is 0 Å². The van der Waals surface area contributed by atoms with E-state index in [0.29, 0.717) is 5.56 Å². The average molecular weight is 1380 g/mol. The molecule has 4 heterocycles. The second-order valence-electron chi connectivity index (χ2n) is 24.7. The van der Waals surface area contributed by atoms with Gasteiger partial charge in [0, 0.05) is 12.7 Å². The molecule has 9 aromatic carbocycles. The summed E-state index contributed by atoms with van der Waals surface area (Å²) in [7, 11) is 1.43. The first-order valence-electron chi connectivity index (χ1n) is 33.9. The molecule has 0 radical (unpaired) electrons. The molecule has 9 aromatic rings. The molecule has 0 aromatic heterocycles. The first-order valence-corrected chi connectivity index (χ1v) is 33.9. The fourth-order valence-corrected chi connectivity index (χ4v) is 12.6. The Kier molecular flexibility index (Phi) is 24.5. The van der Waals surface area contributed by atoms with Gasteiger partial charge < -0.3 is 75.8 Å². The topological polar surface area (TPSA) is 216 Å². The Balaban J connectivity index is 0.945. The first-order chi connectivity index (χ1) is 50.2. The molecular weight excluding hydrogens is 1300 g/mol. The van der Waals surface area contributed by atoms with Gasteiger partial charge in [-0.3, -0.25) is 0 Å². The van der Waals surface area contributed by atoms with Crippen molar-refractivity contribution >= 4 is 23.9 Å². The number of carbonyl (C=O) groups is 4. The van der Waals surface area contributed by atoms with Crippen LogP contribution < -0.4 is 0 Å². The SMILES string of the molecule is CO[C@H]1O[C@@H]2COC(c3ccccc3)O[C@H]2[C@@H](O[C@H]2O[C@H](COC(=O)c3ccccc3)[C@@H](OC(=O)c3ccccc3)[C@H](OC(=O)c3ccccc3)[C@@H]2OC(=O)c2ccccc2)[C@@H]1O[C@H]1O[C@H](COCc2ccccc2)[C@@H](OCc2ccccc2)[C@H](OCc2ccccc2)[C@@H]1OCc1ccccc1. The molecule has 1 unspecified atom stereocenters. The molecule has 13 rings (SSSR count). The van der Waals surface area contributed by atoms with Crippen molar-refractivity contribution in [3.05, 3.63) is 323 Å². The summed E-state index contributed by atoms with van der Waals surface area (Å²) in [4.78, 5) is 58.7. The number of benzene rings is 9. The highest BCUT2D eigenvalue weighted by Gasteiger charge is 2.60. The van der Waals surface area contributed by atoms with E-state index in [4.69, 9.17) is 75.8 Å². The van der Waals surface area contributed by atoms with Gasteiger partial charge >= 0.3 is 23.9 Å². The highest BCUT2D eigenvalue weighted by Crippen LogP contribution is 2.42. The second kappa shape index (κ2) is 35.3. The van der Waals surface area contributed by atoms with Crippen LogP contribution in [0.25, 0.3) is 0 Å². The third-order valence-corrected chi connectivity index (χ3v) is 17.7. The molecule has 0 spiro atoms. The fourth-order valence-electron chi connectivity index (χ4n) is 12.6. The minimum Gasteiger partial charge on any atom is -0.459 e. The molecule has 16 atom stereocenters. The molecule has 0 saturated carbocycles. The molecule has 526 valence electrons. The van der Waals surface area contributed by atoms with E-state index in [1.54, 1.807) is 84.9 Å². The highest BCUT2D eigenvalue weighted by molar-refractivity contribution is 5.91. The quantitative estimate of drug-likeness (QED) is 0.0329. The van der Waals surface area contributed by atoms with Crippen molar-refractivity contribution in [2.45, 2.75) is 125 Å². The fraction of sp³-hybridized carbons (Fsp3) is 0.293. The maximum absolute atomic E-state index is 15.0. The lowest BCUT2D eigenvalue weighted by molar-refractivity contribution is -0.415. The molecule has 0 N–H and O–H groups in total. The Hall–Kier alpha value is -9.62. The molecule has 4 fully saturated rings. The van der Waals surface area contributed by atoms with Crippen LogP contribution in [0.4, 0.5) is 0 Å². The van der Waals surface area contributed by atoms with Crippen molar-refractivity contribution in [2.75, 3.05) is 26.9 Å². The number of esters is 4. The zero-order valence-corrected chi connectivity index (χ0v) is 55.8. The lowest BCUT2D eigenvalue weighted by Gasteiger charge is -2.52. The van der Waals surface area contributed by atoms with Crippen LogP contribution in [-0.2, 0) is 102 Å². The Morgan fingerprint density at radius 2 is 0.725 bits per heavy atom. The largest absolute Gasteiger partial charge is 0.459 e. The van der Waals surface area contributed by atoms with Gasteiger partial charge in [0.05, 0.1) is 61.9 Å². The summed E-state index contributed by atoms with van der Waals surface area (Å²) in [5.41, 5.74) is 4.58. The Morgan fingerprint density at radius 3 is 1.21 bits per heavy atom. The lowest BCUT2D eigenvalue weighted by atomic mass is 9.94.